The van der Waals surface area contributed by atoms with Crippen LogP contribution in [-0.2, 0) is 22.6 Å². The SMILES string of the molecule is COc1ccc(N2C[C@H](C(=O)N3CCc4[nH]c5ccccc5c4C3)CC2=O)cc1. The van der Waals surface area contributed by atoms with Crippen molar-refractivity contribution in [1.82, 2.24) is 9.88 Å². The number of nitrogens with zero attached hydrogens (tertiary/aromatic N) is 2. The highest BCUT2D eigenvalue weighted by atomic mass is 16.5. The summed E-state index contributed by atoms with van der Waals surface area (Å²) in [6.45, 7) is 1.72. The van der Waals surface area contributed by atoms with Gasteiger partial charge in [0.05, 0.1) is 13.0 Å². The Morgan fingerprint density at radius 1 is 1.14 bits per heavy atom. The number of aromatic amines is 1. The lowest BCUT2D eigenvalue weighted by Crippen LogP contribution is -2.40. The molecule has 2 amide bonds. The number of amides is 2. The van der Waals surface area contributed by atoms with Gasteiger partial charge in [0, 0.05) is 60.3 Å². The molecular weight excluding hydrogens is 366 g/mol. The summed E-state index contributed by atoms with van der Waals surface area (Å²) in [5, 5.41) is 1.18. The minimum Gasteiger partial charge on any atom is -0.497 e. The van der Waals surface area contributed by atoms with E-state index in [1.54, 1.807) is 12.0 Å². The molecule has 2 aromatic carbocycles. The van der Waals surface area contributed by atoms with Gasteiger partial charge in [-0.1, -0.05) is 18.2 Å². The highest BCUT2D eigenvalue weighted by Gasteiger charge is 2.38. The normalized spacial score (nSPS) is 18.9. The Morgan fingerprint density at radius 3 is 2.72 bits per heavy atom. The molecule has 0 saturated carbocycles. The largest absolute Gasteiger partial charge is 0.497 e. The van der Waals surface area contributed by atoms with Gasteiger partial charge in [-0.2, -0.15) is 0 Å². The number of carbonyl (C=O) groups is 2. The molecule has 1 saturated heterocycles. The third-order valence-electron chi connectivity index (χ3n) is 6.05. The number of para-hydroxylation sites is 1. The fourth-order valence-electron chi connectivity index (χ4n) is 4.50. The fourth-order valence-corrected chi connectivity index (χ4v) is 4.50. The van der Waals surface area contributed by atoms with Gasteiger partial charge in [0.15, 0.2) is 0 Å². The van der Waals surface area contributed by atoms with Crippen LogP contribution in [0.2, 0.25) is 0 Å². The number of benzene rings is 2. The molecular formula is C23H23N3O3. The van der Waals surface area contributed by atoms with Crippen molar-refractivity contribution in [1.29, 1.82) is 0 Å². The van der Waals surface area contributed by atoms with E-state index in [1.165, 1.54) is 16.6 Å². The molecule has 3 aromatic rings. The molecule has 29 heavy (non-hydrogen) atoms. The Morgan fingerprint density at radius 2 is 1.93 bits per heavy atom. The first-order valence-corrected chi connectivity index (χ1v) is 9.95. The molecule has 1 fully saturated rings. The van der Waals surface area contributed by atoms with Crippen molar-refractivity contribution in [3.05, 3.63) is 59.8 Å². The van der Waals surface area contributed by atoms with Gasteiger partial charge in [-0.25, -0.2) is 0 Å². The number of anilines is 1. The number of hydrogen-bond acceptors (Lipinski definition) is 3. The Balaban J connectivity index is 1.33. The third kappa shape index (κ3) is 3.05. The number of fused-ring (bicyclic) bond motifs is 3. The molecule has 6 nitrogen and oxygen atoms in total. The van der Waals surface area contributed by atoms with E-state index in [2.05, 4.69) is 17.1 Å². The maximum atomic E-state index is 13.2. The van der Waals surface area contributed by atoms with Crippen LogP contribution in [0.1, 0.15) is 17.7 Å². The fraction of sp³-hybridized carbons (Fsp3) is 0.304. The van der Waals surface area contributed by atoms with Crippen molar-refractivity contribution in [2.75, 3.05) is 25.1 Å². The second-order valence-electron chi connectivity index (χ2n) is 7.74. The molecule has 1 atom stereocenters. The smallest absolute Gasteiger partial charge is 0.228 e. The van der Waals surface area contributed by atoms with E-state index >= 15 is 0 Å². The minimum atomic E-state index is -0.295. The average Bonchev–Trinajstić information content (AvgIpc) is 3.33. The van der Waals surface area contributed by atoms with Crippen molar-refractivity contribution >= 4 is 28.4 Å². The second-order valence-corrected chi connectivity index (χ2v) is 7.74. The van der Waals surface area contributed by atoms with Crippen molar-refractivity contribution < 1.29 is 14.3 Å². The molecule has 2 aliphatic heterocycles. The number of carbonyl (C=O) groups excluding carboxylic acids is 2. The lowest BCUT2D eigenvalue weighted by atomic mass is 10.0. The quantitative estimate of drug-likeness (QED) is 0.749. The Kier molecular flexibility index (Phi) is 4.27. The Bertz CT molecular complexity index is 1090. The molecule has 5 rings (SSSR count). The number of rotatable bonds is 3. The molecule has 0 aliphatic carbocycles. The maximum Gasteiger partial charge on any atom is 0.228 e. The zero-order valence-electron chi connectivity index (χ0n) is 16.4. The Labute approximate surface area is 169 Å². The van der Waals surface area contributed by atoms with Crippen LogP contribution in [0.4, 0.5) is 5.69 Å². The molecule has 1 N–H and O–H groups in total. The molecule has 6 heteroatoms. The zero-order valence-corrected chi connectivity index (χ0v) is 16.4. The average molecular weight is 389 g/mol. The van der Waals surface area contributed by atoms with Gasteiger partial charge in [0.2, 0.25) is 11.8 Å². The molecule has 1 aromatic heterocycles. The van der Waals surface area contributed by atoms with Gasteiger partial charge >= 0.3 is 0 Å². The predicted octanol–water partition coefficient (Wildman–Crippen LogP) is 3.11. The van der Waals surface area contributed by atoms with Gasteiger partial charge < -0.3 is 19.5 Å². The van der Waals surface area contributed by atoms with Crippen LogP contribution < -0.4 is 9.64 Å². The van der Waals surface area contributed by atoms with Crippen molar-refractivity contribution in [3.63, 3.8) is 0 Å². The molecule has 3 heterocycles. The lowest BCUT2D eigenvalue weighted by molar-refractivity contribution is -0.136. The third-order valence-corrected chi connectivity index (χ3v) is 6.05. The molecule has 148 valence electrons. The number of ether oxygens (including phenoxy) is 1. The topological polar surface area (TPSA) is 65.6 Å². The van der Waals surface area contributed by atoms with E-state index in [0.29, 0.717) is 19.6 Å². The van der Waals surface area contributed by atoms with Crippen LogP contribution in [0.15, 0.2) is 48.5 Å². The molecule has 0 unspecified atom stereocenters. The lowest BCUT2D eigenvalue weighted by Gasteiger charge is -2.29. The summed E-state index contributed by atoms with van der Waals surface area (Å²) >= 11 is 0. The number of hydrogen-bond donors (Lipinski definition) is 1. The molecule has 0 spiro atoms. The summed E-state index contributed by atoms with van der Waals surface area (Å²) in [6.07, 6.45) is 1.08. The monoisotopic (exact) mass is 389 g/mol. The maximum absolute atomic E-state index is 13.2. The number of aromatic nitrogens is 1. The summed E-state index contributed by atoms with van der Waals surface area (Å²) in [4.78, 5) is 32.9. The molecule has 2 aliphatic rings. The van der Waals surface area contributed by atoms with Gasteiger partial charge in [-0.3, -0.25) is 9.59 Å². The van der Waals surface area contributed by atoms with Crippen molar-refractivity contribution in [2.24, 2.45) is 5.92 Å². The first-order chi connectivity index (χ1) is 14.1. The van der Waals surface area contributed by atoms with Crippen LogP contribution in [0.25, 0.3) is 10.9 Å². The molecule has 0 radical (unpaired) electrons. The van der Waals surface area contributed by atoms with E-state index in [-0.39, 0.29) is 24.2 Å². The highest BCUT2D eigenvalue weighted by Crippen LogP contribution is 2.31. The number of H-pyrrole nitrogens is 1. The number of methoxy groups -OCH3 is 1. The van der Waals surface area contributed by atoms with E-state index in [0.717, 1.165) is 23.4 Å². The summed E-state index contributed by atoms with van der Waals surface area (Å²) in [5.41, 5.74) is 4.35. The van der Waals surface area contributed by atoms with Gasteiger partial charge in [0.1, 0.15) is 5.75 Å². The van der Waals surface area contributed by atoms with Crippen LogP contribution >= 0.6 is 0 Å². The Hall–Kier alpha value is -3.28. The summed E-state index contributed by atoms with van der Waals surface area (Å²) in [5.74, 6) is 0.524. The zero-order chi connectivity index (χ0) is 20.0. The van der Waals surface area contributed by atoms with Gasteiger partial charge in [-0.15, -0.1) is 0 Å². The minimum absolute atomic E-state index is 0.00157. The van der Waals surface area contributed by atoms with E-state index < -0.39 is 0 Å². The summed E-state index contributed by atoms with van der Waals surface area (Å²) in [7, 11) is 1.61. The highest BCUT2D eigenvalue weighted by molar-refractivity contribution is 6.00. The van der Waals surface area contributed by atoms with Crippen molar-refractivity contribution in [2.45, 2.75) is 19.4 Å². The van der Waals surface area contributed by atoms with Crippen LogP contribution in [-0.4, -0.2) is 41.9 Å². The first-order valence-electron chi connectivity index (χ1n) is 9.95. The van der Waals surface area contributed by atoms with Crippen LogP contribution in [0, 0.1) is 5.92 Å². The summed E-state index contributed by atoms with van der Waals surface area (Å²) < 4.78 is 5.18. The van der Waals surface area contributed by atoms with E-state index in [1.807, 2.05) is 41.3 Å². The van der Waals surface area contributed by atoms with Crippen molar-refractivity contribution in [3.8, 4) is 5.75 Å². The van der Waals surface area contributed by atoms with E-state index in [9.17, 15) is 9.59 Å². The van der Waals surface area contributed by atoms with Gasteiger partial charge in [-0.05, 0) is 30.3 Å². The second kappa shape index (κ2) is 6.95. The first kappa shape index (κ1) is 17.8. The van der Waals surface area contributed by atoms with Crippen LogP contribution in [0.3, 0.4) is 0 Å². The predicted molar refractivity (Wildman–Crippen MR) is 111 cm³/mol. The molecule has 0 bridgehead atoms. The standard InChI is InChI=1S/C23H23N3O3/c1-29-17-8-6-16(7-9-17)26-13-15(12-22(26)27)23(28)25-11-10-21-19(14-25)18-4-2-3-5-20(18)24-21/h2-9,15,24H,10-14H2,1H3/t15-/m1/s1. The van der Waals surface area contributed by atoms with E-state index in [4.69, 9.17) is 4.74 Å². The van der Waals surface area contributed by atoms with Crippen LogP contribution in [0.5, 0.6) is 5.75 Å². The number of nitrogens with one attached hydrogen (secondary N) is 1. The van der Waals surface area contributed by atoms with Gasteiger partial charge in [0.25, 0.3) is 0 Å². The summed E-state index contributed by atoms with van der Waals surface area (Å²) in [6, 6.07) is 15.6.